The molecule has 228 valence electrons. The predicted octanol–water partition coefficient (Wildman–Crippen LogP) is 0.943. The van der Waals surface area contributed by atoms with Crippen LogP contribution in [0.1, 0.15) is 53.9 Å². The Morgan fingerprint density at radius 2 is 1.67 bits per heavy atom. The van der Waals surface area contributed by atoms with Crippen LogP contribution >= 0.6 is 0 Å². The average molecular weight is 591 g/mol. The first-order chi connectivity index (χ1) is 19.6. The van der Waals surface area contributed by atoms with Gasteiger partial charge in [0.2, 0.25) is 12.4 Å². The number of cyclic esters (lactones) is 3. The molecule has 2 aliphatic carbocycles. The van der Waals surface area contributed by atoms with Gasteiger partial charge in [0, 0.05) is 30.8 Å². The maximum Gasteiger partial charge on any atom is 0.347 e. The number of fused-ring (bicyclic) bond motifs is 4. The highest BCUT2D eigenvalue weighted by Crippen LogP contribution is 2.74. The molecule has 0 aromatic carbocycles. The van der Waals surface area contributed by atoms with Crippen molar-refractivity contribution in [1.29, 1.82) is 0 Å². The summed E-state index contributed by atoms with van der Waals surface area (Å²) in [5.74, 6) is -6.39. The van der Waals surface area contributed by atoms with Gasteiger partial charge in [-0.1, -0.05) is 20.8 Å². The first kappa shape index (κ1) is 28.8. The molecule has 0 radical (unpaired) electrons. The number of hydrogen-bond acceptors (Lipinski definition) is 13. The van der Waals surface area contributed by atoms with Crippen LogP contribution < -0.4 is 0 Å². The minimum Gasteiger partial charge on any atom is -0.466 e. The molecule has 6 rings (SSSR count). The minimum atomic E-state index is -1.70. The van der Waals surface area contributed by atoms with E-state index in [1.807, 2.05) is 0 Å². The average Bonchev–Trinajstić information content (AvgIpc) is 3.58. The fourth-order valence-corrected chi connectivity index (χ4v) is 9.18. The van der Waals surface area contributed by atoms with Gasteiger partial charge in [-0.3, -0.25) is 19.2 Å². The standard InChI is InChI=1S/C29H34O13/c1-12(30)41-28-9-8-26(4)20(13-10-15(36-6)39-22(13)33)38-14(31)11-29(26,28)42-21-16(28)19(32)25(2,3)18-17(23(34)37-7)40-24(35)27(18,21)5/h10,15-18,20-21H,8-9,11H2,1-7H3/t15-,16-,17+,18-,20-,21-,26-,27+,28-,29+/m0/s1. The second kappa shape index (κ2) is 8.62. The molecular formula is C29H34O13. The number of esters is 5. The minimum absolute atomic E-state index is 0.0376. The van der Waals surface area contributed by atoms with Gasteiger partial charge in [0.1, 0.15) is 22.9 Å². The molecule has 1 spiro atoms. The van der Waals surface area contributed by atoms with Crippen LogP contribution in [0.2, 0.25) is 0 Å². The molecule has 6 aliphatic rings. The van der Waals surface area contributed by atoms with Crippen LogP contribution in [-0.2, 0) is 61.9 Å². The lowest BCUT2D eigenvalue weighted by Crippen LogP contribution is -2.68. The molecule has 42 heavy (non-hydrogen) atoms. The van der Waals surface area contributed by atoms with Gasteiger partial charge >= 0.3 is 29.8 Å². The van der Waals surface area contributed by atoms with Crippen molar-refractivity contribution in [1.82, 2.24) is 0 Å². The van der Waals surface area contributed by atoms with Gasteiger partial charge in [0.15, 0.2) is 5.60 Å². The SMILES string of the molecule is COC(=O)[C@@H]1OC(=O)[C@@]2(C)[C@H]3O[C@]45CC(=O)O[C@@H](C6=C[C@@H](OC)OC6=O)[C@]4(C)CC[C@]5(OC(C)=O)[C@H]3C(=O)C(C)(C)[C@H]12. The lowest BCUT2D eigenvalue weighted by Gasteiger charge is -2.53. The second-order valence-corrected chi connectivity index (χ2v) is 13.1. The van der Waals surface area contributed by atoms with Crippen molar-refractivity contribution in [3.63, 3.8) is 0 Å². The van der Waals surface area contributed by atoms with E-state index >= 15 is 0 Å². The highest BCUT2D eigenvalue weighted by Gasteiger charge is 2.88. The van der Waals surface area contributed by atoms with Gasteiger partial charge in [0.25, 0.3) is 0 Å². The Kier molecular flexibility index (Phi) is 5.91. The number of ether oxygens (including phenoxy) is 7. The van der Waals surface area contributed by atoms with Crippen LogP contribution in [0.25, 0.3) is 0 Å². The topological polar surface area (TPSA) is 167 Å². The Labute approximate surface area is 241 Å². The number of carbonyl (C=O) groups excluding carboxylic acids is 6. The Morgan fingerprint density at radius 1 is 0.976 bits per heavy atom. The molecule has 0 unspecified atom stereocenters. The van der Waals surface area contributed by atoms with Gasteiger partial charge in [-0.2, -0.15) is 0 Å². The van der Waals surface area contributed by atoms with E-state index < -0.39 is 106 Å². The summed E-state index contributed by atoms with van der Waals surface area (Å²) in [6.45, 7) is 7.76. The zero-order valence-electron chi connectivity index (χ0n) is 24.5. The van der Waals surface area contributed by atoms with E-state index in [0.717, 1.165) is 7.11 Å². The third-order valence-corrected chi connectivity index (χ3v) is 10.9. The van der Waals surface area contributed by atoms with Crippen LogP contribution in [0.5, 0.6) is 0 Å². The fourth-order valence-electron chi connectivity index (χ4n) is 9.18. The highest BCUT2D eigenvalue weighted by molar-refractivity contribution is 5.98. The van der Waals surface area contributed by atoms with Crippen molar-refractivity contribution in [2.24, 2.45) is 28.1 Å². The molecule has 10 atom stereocenters. The van der Waals surface area contributed by atoms with Crippen molar-refractivity contribution in [2.45, 2.75) is 89.7 Å². The van der Waals surface area contributed by atoms with Gasteiger partial charge in [-0.15, -0.1) is 0 Å². The Hall–Kier alpha value is -3.32. The van der Waals surface area contributed by atoms with E-state index in [2.05, 4.69) is 0 Å². The molecule has 0 aromatic rings. The van der Waals surface area contributed by atoms with Crippen LogP contribution in [-0.4, -0.2) is 85.7 Å². The molecule has 0 aromatic heterocycles. The normalized spacial score (nSPS) is 46.4. The Bertz CT molecular complexity index is 1360. The molecule has 4 aliphatic heterocycles. The maximum atomic E-state index is 14.6. The zero-order chi connectivity index (χ0) is 30.8. The lowest BCUT2D eigenvalue weighted by atomic mass is 9.48. The van der Waals surface area contributed by atoms with Crippen molar-refractivity contribution in [2.75, 3.05) is 14.2 Å². The van der Waals surface area contributed by atoms with E-state index in [1.165, 1.54) is 20.1 Å². The summed E-state index contributed by atoms with van der Waals surface area (Å²) in [5, 5.41) is 0. The first-order valence-corrected chi connectivity index (χ1v) is 13.9. The smallest absolute Gasteiger partial charge is 0.347 e. The summed E-state index contributed by atoms with van der Waals surface area (Å²) in [7, 11) is 2.51. The third-order valence-electron chi connectivity index (χ3n) is 10.9. The van der Waals surface area contributed by atoms with Crippen LogP contribution in [0.4, 0.5) is 0 Å². The van der Waals surface area contributed by atoms with E-state index in [0.29, 0.717) is 0 Å². The summed E-state index contributed by atoms with van der Waals surface area (Å²) >= 11 is 0. The van der Waals surface area contributed by atoms with E-state index in [4.69, 9.17) is 33.2 Å². The third kappa shape index (κ3) is 3.10. The molecule has 0 bridgehead atoms. The quantitative estimate of drug-likeness (QED) is 0.336. The number of carbonyl (C=O) groups is 6. The molecule has 13 nitrogen and oxygen atoms in total. The van der Waals surface area contributed by atoms with Gasteiger partial charge < -0.3 is 33.2 Å². The molecule has 5 fully saturated rings. The van der Waals surface area contributed by atoms with Gasteiger partial charge in [0.05, 0.1) is 31.1 Å². The Morgan fingerprint density at radius 3 is 2.26 bits per heavy atom. The van der Waals surface area contributed by atoms with Crippen LogP contribution in [0, 0.1) is 28.1 Å². The van der Waals surface area contributed by atoms with E-state index in [-0.39, 0.29) is 18.4 Å². The molecule has 3 saturated heterocycles. The fraction of sp³-hybridized carbons (Fsp3) is 0.724. The summed E-state index contributed by atoms with van der Waals surface area (Å²) in [5.41, 5.74) is -7.50. The highest BCUT2D eigenvalue weighted by atomic mass is 16.7. The molecule has 13 heteroatoms. The summed E-state index contributed by atoms with van der Waals surface area (Å²) in [4.78, 5) is 80.3. The Balaban J connectivity index is 1.57. The number of methoxy groups -OCH3 is 2. The van der Waals surface area contributed by atoms with Crippen LogP contribution in [0.15, 0.2) is 11.6 Å². The van der Waals surface area contributed by atoms with E-state index in [9.17, 15) is 28.8 Å². The van der Waals surface area contributed by atoms with Crippen molar-refractivity contribution >= 4 is 35.6 Å². The number of ketones is 1. The molecule has 0 N–H and O–H groups in total. The summed E-state index contributed by atoms with van der Waals surface area (Å²) in [6, 6.07) is 0. The second-order valence-electron chi connectivity index (χ2n) is 13.1. The first-order valence-electron chi connectivity index (χ1n) is 13.9. The van der Waals surface area contributed by atoms with Gasteiger partial charge in [-0.05, 0) is 25.8 Å². The zero-order valence-corrected chi connectivity index (χ0v) is 24.5. The van der Waals surface area contributed by atoms with E-state index in [1.54, 1.807) is 27.7 Å². The molecule has 4 heterocycles. The molecule has 2 saturated carbocycles. The number of Topliss-reactive ketones (excluding diaryl/α,β-unsaturated/α-hetero) is 1. The molecule has 0 amide bonds. The summed E-state index contributed by atoms with van der Waals surface area (Å²) in [6.07, 6.45) is -3.51. The lowest BCUT2D eigenvalue weighted by molar-refractivity contribution is -0.244. The van der Waals surface area contributed by atoms with Crippen molar-refractivity contribution < 1.29 is 61.9 Å². The van der Waals surface area contributed by atoms with Gasteiger partial charge in [-0.25, -0.2) is 9.59 Å². The number of rotatable bonds is 4. The number of hydrogen-bond donors (Lipinski definition) is 0. The largest absolute Gasteiger partial charge is 0.466 e. The monoisotopic (exact) mass is 590 g/mol. The molecular weight excluding hydrogens is 556 g/mol. The van der Waals surface area contributed by atoms with Crippen LogP contribution in [0.3, 0.4) is 0 Å². The van der Waals surface area contributed by atoms with Crippen molar-refractivity contribution in [3.8, 4) is 0 Å². The predicted molar refractivity (Wildman–Crippen MR) is 135 cm³/mol. The summed E-state index contributed by atoms with van der Waals surface area (Å²) < 4.78 is 39.7. The maximum absolute atomic E-state index is 14.6. The van der Waals surface area contributed by atoms with Crippen molar-refractivity contribution in [3.05, 3.63) is 11.6 Å².